The van der Waals surface area contributed by atoms with Gasteiger partial charge in [0.05, 0.1) is 6.10 Å². The Morgan fingerprint density at radius 1 is 1.45 bits per heavy atom. The highest BCUT2D eigenvalue weighted by Crippen LogP contribution is 2.48. The van der Waals surface area contributed by atoms with Crippen molar-refractivity contribution >= 4 is 5.91 Å². The van der Waals surface area contributed by atoms with E-state index in [1.807, 2.05) is 13.8 Å². The van der Waals surface area contributed by atoms with E-state index in [1.54, 1.807) is 6.92 Å². The van der Waals surface area contributed by atoms with E-state index in [4.69, 9.17) is 0 Å². The monoisotopic (exact) mass is 311 g/mol. The third-order valence-corrected chi connectivity index (χ3v) is 4.07. The smallest absolute Gasteiger partial charge is 0.223 e. The van der Waals surface area contributed by atoms with E-state index in [0.29, 0.717) is 19.4 Å². The molecule has 3 unspecified atom stereocenters. The Morgan fingerprint density at radius 3 is 2.77 bits per heavy atom. The Balaban J connectivity index is 1.90. The molecule has 122 valence electrons. The summed E-state index contributed by atoms with van der Waals surface area (Å²) in [7, 11) is 0. The Hall–Kier alpha value is -1.49. The predicted molar refractivity (Wildman–Crippen MR) is 80.3 cm³/mol. The van der Waals surface area contributed by atoms with Gasteiger partial charge in [-0.25, -0.2) is 8.78 Å². The second-order valence-corrected chi connectivity index (χ2v) is 7.05. The van der Waals surface area contributed by atoms with Crippen molar-refractivity contribution in [2.75, 3.05) is 6.54 Å². The molecule has 1 aliphatic carbocycles. The summed E-state index contributed by atoms with van der Waals surface area (Å²) >= 11 is 0. The summed E-state index contributed by atoms with van der Waals surface area (Å²) in [6, 6.07) is 3.35. The first-order valence-electron chi connectivity index (χ1n) is 7.60. The fraction of sp³-hybridized carbons (Fsp3) is 0.588. The zero-order valence-corrected chi connectivity index (χ0v) is 13.2. The Kier molecular flexibility index (Phi) is 4.85. The number of carbonyl (C=O) groups is 1. The first-order valence-corrected chi connectivity index (χ1v) is 7.60. The van der Waals surface area contributed by atoms with Crippen molar-refractivity contribution in [1.29, 1.82) is 0 Å². The molecule has 0 spiro atoms. The lowest BCUT2D eigenvalue weighted by molar-refractivity contribution is -0.123. The molecular weight excluding hydrogens is 288 g/mol. The summed E-state index contributed by atoms with van der Waals surface area (Å²) in [5.41, 5.74) is 0.0709. The number of halogens is 2. The normalized spacial score (nSPS) is 22.3. The first kappa shape index (κ1) is 16.9. The maximum absolute atomic E-state index is 13.7. The molecule has 1 aromatic carbocycles. The van der Waals surface area contributed by atoms with Crippen LogP contribution in [-0.4, -0.2) is 23.7 Å². The molecule has 1 saturated carbocycles. The molecule has 0 aliphatic heterocycles. The summed E-state index contributed by atoms with van der Waals surface area (Å²) in [4.78, 5) is 12.1. The Morgan fingerprint density at radius 2 is 2.14 bits per heavy atom. The van der Waals surface area contributed by atoms with Crippen LogP contribution in [0.1, 0.15) is 45.1 Å². The van der Waals surface area contributed by atoms with Crippen LogP contribution in [0.3, 0.4) is 0 Å². The fourth-order valence-corrected chi connectivity index (χ4v) is 2.96. The molecule has 1 fully saturated rings. The summed E-state index contributed by atoms with van der Waals surface area (Å²) < 4.78 is 26.9. The van der Waals surface area contributed by atoms with Crippen LogP contribution in [0.15, 0.2) is 18.2 Å². The zero-order chi connectivity index (χ0) is 16.5. The summed E-state index contributed by atoms with van der Waals surface area (Å²) in [5.74, 6) is -1.61. The van der Waals surface area contributed by atoms with E-state index in [-0.39, 0.29) is 28.7 Å². The second-order valence-electron chi connectivity index (χ2n) is 7.05. The van der Waals surface area contributed by atoms with Crippen molar-refractivity contribution in [3.05, 3.63) is 35.4 Å². The van der Waals surface area contributed by atoms with Crippen molar-refractivity contribution < 1.29 is 18.7 Å². The summed E-state index contributed by atoms with van der Waals surface area (Å²) in [5, 5.41) is 12.3. The number of hydrogen-bond acceptors (Lipinski definition) is 2. The summed E-state index contributed by atoms with van der Waals surface area (Å²) in [6.45, 7) is 6.10. The van der Waals surface area contributed by atoms with Gasteiger partial charge < -0.3 is 10.4 Å². The van der Waals surface area contributed by atoms with Gasteiger partial charge in [-0.2, -0.15) is 0 Å². The van der Waals surface area contributed by atoms with Crippen LogP contribution >= 0.6 is 0 Å². The van der Waals surface area contributed by atoms with Crippen molar-refractivity contribution in [2.24, 2.45) is 11.3 Å². The van der Waals surface area contributed by atoms with E-state index in [1.165, 1.54) is 6.07 Å². The minimum atomic E-state index is -0.486. The molecular formula is C17H23F2NO2. The molecule has 1 aromatic rings. The van der Waals surface area contributed by atoms with Gasteiger partial charge in [0.1, 0.15) is 11.6 Å². The van der Waals surface area contributed by atoms with Crippen LogP contribution in [0.4, 0.5) is 8.78 Å². The molecule has 1 amide bonds. The molecule has 5 heteroatoms. The quantitative estimate of drug-likeness (QED) is 0.848. The van der Waals surface area contributed by atoms with Crippen LogP contribution in [0, 0.1) is 23.0 Å². The maximum atomic E-state index is 13.7. The van der Waals surface area contributed by atoms with Crippen LogP contribution in [0.2, 0.25) is 0 Å². The van der Waals surface area contributed by atoms with Gasteiger partial charge in [0, 0.05) is 12.5 Å². The highest BCUT2D eigenvalue weighted by molar-refractivity contribution is 5.82. The number of rotatable bonds is 6. The molecule has 0 radical (unpaired) electrons. The molecule has 0 aromatic heterocycles. The number of aliphatic hydroxyl groups excluding tert-OH is 1. The number of nitrogens with one attached hydrogen (secondary N) is 1. The topological polar surface area (TPSA) is 49.3 Å². The molecule has 0 bridgehead atoms. The van der Waals surface area contributed by atoms with E-state index >= 15 is 0 Å². The van der Waals surface area contributed by atoms with Crippen LogP contribution in [-0.2, 0) is 4.79 Å². The van der Waals surface area contributed by atoms with Gasteiger partial charge >= 0.3 is 0 Å². The average molecular weight is 311 g/mol. The molecule has 3 atom stereocenters. The van der Waals surface area contributed by atoms with Crippen LogP contribution < -0.4 is 5.32 Å². The van der Waals surface area contributed by atoms with Gasteiger partial charge in [0.25, 0.3) is 0 Å². The third-order valence-electron chi connectivity index (χ3n) is 4.07. The van der Waals surface area contributed by atoms with Gasteiger partial charge in [0.2, 0.25) is 5.91 Å². The van der Waals surface area contributed by atoms with E-state index in [9.17, 15) is 18.7 Å². The lowest BCUT2D eigenvalue weighted by Gasteiger charge is -2.26. The maximum Gasteiger partial charge on any atom is 0.223 e. The fourth-order valence-electron chi connectivity index (χ4n) is 2.96. The van der Waals surface area contributed by atoms with Gasteiger partial charge in [0.15, 0.2) is 0 Å². The first-order chi connectivity index (χ1) is 10.2. The number of benzene rings is 1. The van der Waals surface area contributed by atoms with Gasteiger partial charge in [-0.1, -0.05) is 13.8 Å². The highest BCUT2D eigenvalue weighted by Gasteiger charge is 2.45. The Labute approximate surface area is 129 Å². The average Bonchev–Trinajstić information content (AvgIpc) is 3.17. The van der Waals surface area contributed by atoms with Crippen molar-refractivity contribution in [3.8, 4) is 0 Å². The number of hydrogen-bond donors (Lipinski definition) is 2. The largest absolute Gasteiger partial charge is 0.393 e. The lowest BCUT2D eigenvalue weighted by Crippen LogP contribution is -2.36. The van der Waals surface area contributed by atoms with Gasteiger partial charge in [-0.3, -0.25) is 4.79 Å². The minimum absolute atomic E-state index is 0.132. The molecule has 0 saturated heterocycles. The second kappa shape index (κ2) is 6.32. The van der Waals surface area contributed by atoms with Crippen molar-refractivity contribution in [3.63, 3.8) is 0 Å². The standard InChI is InChI=1S/C17H23F2NO2/c1-10(21)8-17(2,3)9-20-16(22)14-7-12(14)13-6-11(18)4-5-15(13)19/h4-6,10,12,14,21H,7-9H2,1-3H3,(H,20,22). The third kappa shape index (κ3) is 4.26. The van der Waals surface area contributed by atoms with Crippen molar-refractivity contribution in [2.45, 2.75) is 45.6 Å². The van der Waals surface area contributed by atoms with Crippen LogP contribution in [0.25, 0.3) is 0 Å². The Bertz CT molecular complexity index is 558. The van der Waals surface area contributed by atoms with E-state index in [0.717, 1.165) is 12.1 Å². The number of carbonyl (C=O) groups excluding carboxylic acids is 1. The number of aliphatic hydroxyl groups is 1. The van der Waals surface area contributed by atoms with Gasteiger partial charge in [-0.05, 0) is 54.9 Å². The SMILES string of the molecule is CC(O)CC(C)(C)CNC(=O)C1CC1c1cc(F)ccc1F. The summed E-state index contributed by atoms with van der Waals surface area (Å²) in [6.07, 6.45) is 0.699. The molecule has 22 heavy (non-hydrogen) atoms. The predicted octanol–water partition coefficient (Wildman–Crippen LogP) is 2.98. The minimum Gasteiger partial charge on any atom is -0.393 e. The molecule has 1 aliphatic rings. The molecule has 3 nitrogen and oxygen atoms in total. The van der Waals surface area contributed by atoms with Crippen LogP contribution in [0.5, 0.6) is 0 Å². The van der Waals surface area contributed by atoms with E-state index in [2.05, 4.69) is 5.32 Å². The highest BCUT2D eigenvalue weighted by atomic mass is 19.1. The van der Waals surface area contributed by atoms with E-state index < -0.39 is 17.7 Å². The van der Waals surface area contributed by atoms with Crippen molar-refractivity contribution in [1.82, 2.24) is 5.32 Å². The van der Waals surface area contributed by atoms with Gasteiger partial charge in [-0.15, -0.1) is 0 Å². The molecule has 2 N–H and O–H groups in total. The number of amides is 1. The lowest BCUT2D eigenvalue weighted by atomic mass is 9.87. The zero-order valence-electron chi connectivity index (χ0n) is 13.2. The molecule has 2 rings (SSSR count). The molecule has 0 heterocycles.